The number of carbonyl (C=O) groups excluding carboxylic acids is 2. The third kappa shape index (κ3) is 4.86. The fraction of sp³-hybridized carbons (Fsp3) is 0.591. The summed E-state index contributed by atoms with van der Waals surface area (Å²) in [5, 5.41) is 6.79. The van der Waals surface area contributed by atoms with E-state index in [4.69, 9.17) is 21.7 Å². The van der Waals surface area contributed by atoms with Crippen molar-refractivity contribution >= 4 is 34.8 Å². The summed E-state index contributed by atoms with van der Waals surface area (Å²) >= 11 is 5.45. The Labute approximate surface area is 183 Å². The number of nitrogens with one attached hydrogen (secondary N) is 2. The van der Waals surface area contributed by atoms with Gasteiger partial charge < -0.3 is 20.1 Å². The zero-order valence-electron chi connectivity index (χ0n) is 17.9. The largest absolute Gasteiger partial charge is 0.497 e. The molecule has 3 unspecified atom stereocenters. The van der Waals surface area contributed by atoms with Crippen LogP contribution < -0.4 is 20.1 Å². The Morgan fingerprint density at radius 1 is 1.27 bits per heavy atom. The highest BCUT2D eigenvalue weighted by atomic mass is 32.1. The molecule has 2 fully saturated rings. The van der Waals surface area contributed by atoms with Crippen LogP contribution in [-0.2, 0) is 9.59 Å². The lowest BCUT2D eigenvalue weighted by atomic mass is 9.76. The van der Waals surface area contributed by atoms with Gasteiger partial charge in [0.05, 0.1) is 25.8 Å². The van der Waals surface area contributed by atoms with Gasteiger partial charge in [-0.3, -0.25) is 14.5 Å². The van der Waals surface area contributed by atoms with E-state index in [0.717, 1.165) is 19.3 Å². The van der Waals surface area contributed by atoms with Crippen LogP contribution in [0.4, 0.5) is 5.69 Å². The van der Waals surface area contributed by atoms with Crippen molar-refractivity contribution in [2.75, 3.05) is 26.1 Å². The van der Waals surface area contributed by atoms with Crippen LogP contribution in [0.25, 0.3) is 0 Å². The van der Waals surface area contributed by atoms with Crippen LogP contribution in [0.2, 0.25) is 0 Å². The van der Waals surface area contributed by atoms with E-state index in [0.29, 0.717) is 48.1 Å². The number of unbranched alkanes of at least 4 members (excludes halogenated alkanes) is 2. The lowest BCUT2D eigenvalue weighted by Gasteiger charge is -2.43. The van der Waals surface area contributed by atoms with Crippen LogP contribution in [0, 0.1) is 11.8 Å². The van der Waals surface area contributed by atoms with Gasteiger partial charge in [0.2, 0.25) is 11.8 Å². The van der Waals surface area contributed by atoms with E-state index in [1.807, 2.05) is 0 Å². The molecule has 2 amide bonds. The average Bonchev–Trinajstić information content (AvgIpc) is 2.75. The van der Waals surface area contributed by atoms with Crippen molar-refractivity contribution in [1.29, 1.82) is 0 Å². The second-order valence-electron chi connectivity index (χ2n) is 7.92. The summed E-state index contributed by atoms with van der Waals surface area (Å²) in [4.78, 5) is 27.6. The number of fused-ring (bicyclic) bond motifs is 1. The van der Waals surface area contributed by atoms with E-state index in [9.17, 15) is 9.59 Å². The molecule has 1 saturated carbocycles. The van der Waals surface area contributed by atoms with E-state index in [1.54, 1.807) is 37.3 Å². The maximum Gasteiger partial charge on any atom is 0.233 e. The number of benzene rings is 1. The Morgan fingerprint density at radius 2 is 2.07 bits per heavy atom. The topological polar surface area (TPSA) is 79.9 Å². The number of methoxy groups -OCH3 is 2. The van der Waals surface area contributed by atoms with Crippen molar-refractivity contribution < 1.29 is 19.1 Å². The number of hydrogen-bond acceptors (Lipinski definition) is 5. The van der Waals surface area contributed by atoms with E-state index in [1.165, 1.54) is 0 Å². The first-order valence-corrected chi connectivity index (χ1v) is 11.0. The fourth-order valence-corrected chi connectivity index (χ4v) is 4.60. The normalized spacial score (nSPS) is 23.4. The summed E-state index contributed by atoms with van der Waals surface area (Å²) in [6.07, 6.45) is 5.08. The number of nitrogens with zero attached hydrogens (tertiary/aromatic N) is 1. The summed E-state index contributed by atoms with van der Waals surface area (Å²) in [5.74, 6) is 0.947. The third-order valence-corrected chi connectivity index (χ3v) is 6.35. The van der Waals surface area contributed by atoms with Crippen molar-refractivity contribution in [3.05, 3.63) is 18.2 Å². The molecule has 7 nitrogen and oxygen atoms in total. The van der Waals surface area contributed by atoms with E-state index in [-0.39, 0.29) is 29.7 Å². The second kappa shape index (κ2) is 10.1. The minimum Gasteiger partial charge on any atom is -0.497 e. The monoisotopic (exact) mass is 433 g/mol. The minimum absolute atomic E-state index is 0.0672. The highest BCUT2D eigenvalue weighted by molar-refractivity contribution is 7.80. The van der Waals surface area contributed by atoms with Gasteiger partial charge >= 0.3 is 0 Å². The predicted molar refractivity (Wildman–Crippen MR) is 120 cm³/mol. The Balaban J connectivity index is 1.62. The zero-order valence-corrected chi connectivity index (χ0v) is 18.7. The quantitative estimate of drug-likeness (QED) is 0.484. The second-order valence-corrected chi connectivity index (χ2v) is 8.31. The minimum atomic E-state index is -0.187. The molecule has 164 valence electrons. The molecule has 2 N–H and O–H groups in total. The number of anilines is 1. The summed E-state index contributed by atoms with van der Waals surface area (Å²) in [6, 6.07) is 5.20. The molecule has 8 heteroatoms. The van der Waals surface area contributed by atoms with Crippen LogP contribution in [0.1, 0.15) is 45.4 Å². The summed E-state index contributed by atoms with van der Waals surface area (Å²) in [5.41, 5.74) is 0.607. The predicted octanol–water partition coefficient (Wildman–Crippen LogP) is 3.33. The van der Waals surface area contributed by atoms with Crippen LogP contribution in [0.3, 0.4) is 0 Å². The number of hydrogen-bond donors (Lipinski definition) is 2. The van der Waals surface area contributed by atoms with Crippen molar-refractivity contribution in [2.45, 2.75) is 51.5 Å². The van der Waals surface area contributed by atoms with Crippen molar-refractivity contribution in [1.82, 2.24) is 10.2 Å². The maximum absolute atomic E-state index is 12.9. The first-order valence-electron chi connectivity index (χ1n) is 10.6. The Bertz CT molecular complexity index is 801. The lowest BCUT2D eigenvalue weighted by Crippen LogP contribution is -2.61. The molecule has 3 atom stereocenters. The molecule has 0 radical (unpaired) electrons. The van der Waals surface area contributed by atoms with Gasteiger partial charge in [-0.1, -0.05) is 19.8 Å². The molecule has 2 aliphatic rings. The Hall–Kier alpha value is -2.35. The maximum atomic E-state index is 12.9. The van der Waals surface area contributed by atoms with E-state index in [2.05, 4.69) is 17.6 Å². The number of carbonyl (C=O) groups is 2. The van der Waals surface area contributed by atoms with Crippen LogP contribution >= 0.6 is 12.2 Å². The van der Waals surface area contributed by atoms with Gasteiger partial charge in [-0.2, -0.15) is 0 Å². The van der Waals surface area contributed by atoms with Gasteiger partial charge in [-0.05, 0) is 50.0 Å². The van der Waals surface area contributed by atoms with Crippen molar-refractivity contribution in [3.8, 4) is 11.5 Å². The molecule has 1 aliphatic carbocycles. The van der Waals surface area contributed by atoms with E-state index >= 15 is 0 Å². The molecule has 1 aromatic carbocycles. The highest BCUT2D eigenvalue weighted by Gasteiger charge is 2.43. The molecule has 3 rings (SSSR count). The first-order chi connectivity index (χ1) is 14.5. The van der Waals surface area contributed by atoms with Gasteiger partial charge in [-0.25, -0.2) is 0 Å². The molecule has 1 aromatic rings. The van der Waals surface area contributed by atoms with Crippen LogP contribution in [0.5, 0.6) is 11.5 Å². The molecular formula is C22H31N3O4S. The van der Waals surface area contributed by atoms with Crippen molar-refractivity contribution in [2.24, 2.45) is 11.8 Å². The lowest BCUT2D eigenvalue weighted by molar-refractivity contribution is -0.137. The summed E-state index contributed by atoms with van der Waals surface area (Å²) in [6.45, 7) is 2.81. The molecule has 0 aromatic heterocycles. The third-order valence-electron chi connectivity index (χ3n) is 6.01. The molecule has 0 spiro atoms. The summed E-state index contributed by atoms with van der Waals surface area (Å²) in [7, 11) is 3.14. The highest BCUT2D eigenvalue weighted by Crippen LogP contribution is 2.35. The Kier molecular flexibility index (Phi) is 7.53. The number of amides is 2. The van der Waals surface area contributed by atoms with Crippen molar-refractivity contribution in [3.63, 3.8) is 0 Å². The van der Waals surface area contributed by atoms with Gasteiger partial charge in [0.1, 0.15) is 11.5 Å². The standard InChI is InChI=1S/C22H31N3O4S/c1-4-5-6-11-25-21(27)16-9-7-14(12-18(16)24-22(25)30)20(26)23-17-10-8-15(28-2)13-19(17)29-3/h8,10,13-14,16,18H,4-7,9,11-12H2,1-3H3,(H,23,26)(H,24,30). The first kappa shape index (κ1) is 22.3. The van der Waals surface area contributed by atoms with Gasteiger partial charge in [0, 0.05) is 24.6 Å². The van der Waals surface area contributed by atoms with Gasteiger partial charge in [-0.15, -0.1) is 0 Å². The summed E-state index contributed by atoms with van der Waals surface area (Å²) < 4.78 is 10.6. The molecular weight excluding hydrogens is 402 g/mol. The molecule has 1 saturated heterocycles. The molecule has 1 aliphatic heterocycles. The molecule has 0 bridgehead atoms. The molecule has 1 heterocycles. The van der Waals surface area contributed by atoms with E-state index < -0.39 is 0 Å². The Morgan fingerprint density at radius 3 is 2.77 bits per heavy atom. The van der Waals surface area contributed by atoms with Gasteiger partial charge in [0.25, 0.3) is 0 Å². The SMILES string of the molecule is CCCCCN1C(=O)C2CCC(C(=O)Nc3ccc(OC)cc3OC)CC2NC1=S. The number of thiocarbonyl (C=S) groups is 1. The number of rotatable bonds is 8. The zero-order chi connectivity index (χ0) is 21.7. The molecule has 30 heavy (non-hydrogen) atoms. The fourth-order valence-electron chi connectivity index (χ4n) is 4.27. The van der Waals surface area contributed by atoms with Crippen LogP contribution in [-0.4, -0.2) is 48.6 Å². The van der Waals surface area contributed by atoms with Gasteiger partial charge in [0.15, 0.2) is 5.11 Å². The van der Waals surface area contributed by atoms with Crippen LogP contribution in [0.15, 0.2) is 18.2 Å². The smallest absolute Gasteiger partial charge is 0.233 e. The number of ether oxygens (including phenoxy) is 2. The average molecular weight is 434 g/mol.